The number of anilines is 1. The number of aryl methyl sites for hydroxylation is 1. The Morgan fingerprint density at radius 3 is 2.89 bits per heavy atom. The number of carbonyl (C=O) groups excluding carboxylic acids is 1. The van der Waals surface area contributed by atoms with Gasteiger partial charge in [-0.15, -0.1) is 0 Å². The van der Waals surface area contributed by atoms with E-state index in [2.05, 4.69) is 10.4 Å². The highest BCUT2D eigenvalue weighted by Gasteiger charge is 2.13. The number of aromatic nitrogens is 1. The van der Waals surface area contributed by atoms with Crippen LogP contribution >= 0.6 is 0 Å². The van der Waals surface area contributed by atoms with Crippen LogP contribution in [-0.2, 0) is 4.74 Å². The van der Waals surface area contributed by atoms with Gasteiger partial charge in [0.1, 0.15) is 5.82 Å². The Hall–Kier alpha value is -1.66. The molecule has 1 heterocycles. The predicted octanol–water partition coefficient (Wildman–Crippen LogP) is 0.784. The highest BCUT2D eigenvalue weighted by Crippen LogP contribution is 2.11. The molecular weight excluding hydrogens is 232 g/mol. The maximum Gasteiger partial charge on any atom is 0.253 e. The Morgan fingerprint density at radius 2 is 2.28 bits per heavy atom. The van der Waals surface area contributed by atoms with Crippen molar-refractivity contribution in [3.05, 3.63) is 23.4 Å². The molecule has 1 rings (SSSR count). The van der Waals surface area contributed by atoms with Crippen molar-refractivity contribution in [1.29, 1.82) is 0 Å². The number of nitrogens with zero attached hydrogens (tertiary/aromatic N) is 2. The van der Waals surface area contributed by atoms with E-state index in [-0.39, 0.29) is 5.91 Å². The summed E-state index contributed by atoms with van der Waals surface area (Å²) in [6, 6.07) is 3.37. The van der Waals surface area contributed by atoms with E-state index in [4.69, 9.17) is 10.6 Å². The largest absolute Gasteiger partial charge is 0.380 e. The molecule has 1 aromatic heterocycles. The molecule has 0 aliphatic rings. The number of pyridine rings is 1. The first kappa shape index (κ1) is 14.4. The molecule has 0 unspecified atom stereocenters. The maximum absolute atomic E-state index is 12.1. The quantitative estimate of drug-likeness (QED) is 0.444. The van der Waals surface area contributed by atoms with Gasteiger partial charge < -0.3 is 15.1 Å². The van der Waals surface area contributed by atoms with Gasteiger partial charge in [0.05, 0.1) is 6.61 Å². The summed E-state index contributed by atoms with van der Waals surface area (Å²) in [6.07, 6.45) is 0. The summed E-state index contributed by atoms with van der Waals surface area (Å²) in [7, 11) is 1.74. The molecule has 0 fully saturated rings. The van der Waals surface area contributed by atoms with Crippen molar-refractivity contribution in [3.63, 3.8) is 0 Å². The van der Waals surface area contributed by atoms with Gasteiger partial charge in [-0.1, -0.05) is 0 Å². The lowest BCUT2D eigenvalue weighted by Gasteiger charge is -2.17. The topological polar surface area (TPSA) is 80.5 Å². The summed E-state index contributed by atoms with van der Waals surface area (Å²) in [5.41, 5.74) is 3.75. The zero-order valence-electron chi connectivity index (χ0n) is 11.1. The summed E-state index contributed by atoms with van der Waals surface area (Å²) in [4.78, 5) is 17.9. The molecule has 3 N–H and O–H groups in total. The van der Waals surface area contributed by atoms with Crippen LogP contribution in [0.2, 0.25) is 0 Å². The lowest BCUT2D eigenvalue weighted by molar-refractivity contribution is 0.0710. The summed E-state index contributed by atoms with van der Waals surface area (Å²) in [6.45, 7) is 5.48. The van der Waals surface area contributed by atoms with Crippen LogP contribution in [0.1, 0.15) is 23.0 Å². The van der Waals surface area contributed by atoms with Crippen molar-refractivity contribution in [2.75, 3.05) is 32.2 Å². The molecular formula is C12H20N4O2. The minimum atomic E-state index is -0.0725. The number of amides is 1. The van der Waals surface area contributed by atoms with Crippen LogP contribution in [0, 0.1) is 6.92 Å². The average molecular weight is 252 g/mol. The Bertz CT molecular complexity index is 409. The molecule has 6 heteroatoms. The van der Waals surface area contributed by atoms with Crippen LogP contribution in [0.5, 0.6) is 0 Å². The number of carbonyl (C=O) groups is 1. The third-order valence-electron chi connectivity index (χ3n) is 2.47. The fourth-order valence-corrected chi connectivity index (χ4v) is 1.53. The minimum Gasteiger partial charge on any atom is -0.380 e. The van der Waals surface area contributed by atoms with Crippen molar-refractivity contribution in [2.24, 2.45) is 5.84 Å². The van der Waals surface area contributed by atoms with E-state index in [9.17, 15) is 4.79 Å². The minimum absolute atomic E-state index is 0.0725. The van der Waals surface area contributed by atoms with Gasteiger partial charge in [0.2, 0.25) is 0 Å². The lowest BCUT2D eigenvalue weighted by Crippen LogP contribution is -2.30. The zero-order valence-corrected chi connectivity index (χ0v) is 11.1. The number of hydrogen-bond donors (Lipinski definition) is 2. The van der Waals surface area contributed by atoms with Gasteiger partial charge in [-0.25, -0.2) is 10.8 Å². The van der Waals surface area contributed by atoms with Crippen molar-refractivity contribution >= 4 is 11.7 Å². The summed E-state index contributed by atoms with van der Waals surface area (Å²) >= 11 is 0. The van der Waals surface area contributed by atoms with Crippen LogP contribution < -0.4 is 11.3 Å². The summed E-state index contributed by atoms with van der Waals surface area (Å²) in [5.74, 6) is 5.72. The summed E-state index contributed by atoms with van der Waals surface area (Å²) < 4.78 is 5.22. The monoisotopic (exact) mass is 252 g/mol. The van der Waals surface area contributed by atoms with Gasteiger partial charge in [0.25, 0.3) is 5.91 Å². The Morgan fingerprint density at radius 1 is 1.56 bits per heavy atom. The van der Waals surface area contributed by atoms with Crippen LogP contribution in [-0.4, -0.2) is 42.6 Å². The van der Waals surface area contributed by atoms with E-state index in [0.717, 1.165) is 5.69 Å². The molecule has 0 saturated carbocycles. The molecule has 100 valence electrons. The molecule has 0 aliphatic carbocycles. The Labute approximate surface area is 107 Å². The van der Waals surface area contributed by atoms with Crippen molar-refractivity contribution in [3.8, 4) is 0 Å². The smallest absolute Gasteiger partial charge is 0.253 e. The third-order valence-corrected chi connectivity index (χ3v) is 2.47. The second-order valence-corrected chi connectivity index (χ2v) is 3.95. The molecule has 0 saturated heterocycles. The normalized spacial score (nSPS) is 10.2. The Kier molecular flexibility index (Phi) is 5.54. The lowest BCUT2D eigenvalue weighted by atomic mass is 10.2. The van der Waals surface area contributed by atoms with Crippen LogP contribution in [0.3, 0.4) is 0 Å². The fourth-order valence-electron chi connectivity index (χ4n) is 1.53. The zero-order chi connectivity index (χ0) is 13.5. The number of hydrogen-bond acceptors (Lipinski definition) is 5. The molecule has 0 bridgehead atoms. The molecule has 1 aromatic rings. The van der Waals surface area contributed by atoms with Crippen LogP contribution in [0.25, 0.3) is 0 Å². The van der Waals surface area contributed by atoms with Crippen molar-refractivity contribution in [2.45, 2.75) is 13.8 Å². The number of likely N-dealkylation sites (N-methyl/N-ethyl adjacent to an activating group) is 1. The van der Waals surface area contributed by atoms with Gasteiger partial charge in [-0.05, 0) is 26.0 Å². The fraction of sp³-hybridized carbons (Fsp3) is 0.500. The van der Waals surface area contributed by atoms with Gasteiger partial charge in [-0.2, -0.15) is 0 Å². The molecule has 1 amide bonds. The number of nitrogens with two attached hydrogens (primary N) is 1. The number of nitrogen functional groups attached to an aromatic ring is 1. The van der Waals surface area contributed by atoms with Gasteiger partial charge in [0.15, 0.2) is 0 Å². The van der Waals surface area contributed by atoms with Gasteiger partial charge in [0, 0.05) is 31.5 Å². The van der Waals surface area contributed by atoms with E-state index < -0.39 is 0 Å². The van der Waals surface area contributed by atoms with E-state index in [1.807, 2.05) is 13.8 Å². The van der Waals surface area contributed by atoms with Crippen molar-refractivity contribution in [1.82, 2.24) is 9.88 Å². The molecule has 0 aromatic carbocycles. The first-order chi connectivity index (χ1) is 8.58. The van der Waals surface area contributed by atoms with E-state index in [0.29, 0.717) is 31.1 Å². The van der Waals surface area contributed by atoms with E-state index in [1.165, 1.54) is 0 Å². The molecule has 18 heavy (non-hydrogen) atoms. The number of nitrogens with one attached hydrogen (secondary N) is 1. The highest BCUT2D eigenvalue weighted by molar-refractivity contribution is 5.94. The van der Waals surface area contributed by atoms with Crippen LogP contribution in [0.4, 0.5) is 5.82 Å². The van der Waals surface area contributed by atoms with Crippen LogP contribution in [0.15, 0.2) is 12.1 Å². The predicted molar refractivity (Wildman–Crippen MR) is 70.2 cm³/mol. The SMILES string of the molecule is CCOCCN(C)C(=O)c1cc(C)nc(NN)c1. The highest BCUT2D eigenvalue weighted by atomic mass is 16.5. The Balaban J connectivity index is 2.73. The maximum atomic E-state index is 12.1. The third kappa shape index (κ3) is 3.97. The first-order valence-electron chi connectivity index (χ1n) is 5.87. The second-order valence-electron chi connectivity index (χ2n) is 3.95. The summed E-state index contributed by atoms with van der Waals surface area (Å²) in [5, 5.41) is 0. The second kappa shape index (κ2) is 6.93. The molecule has 0 spiro atoms. The number of ether oxygens (including phenoxy) is 1. The standard InChI is InChI=1S/C12H20N4O2/c1-4-18-6-5-16(3)12(17)10-7-9(2)14-11(8-10)15-13/h7-8H,4-6,13H2,1-3H3,(H,14,15). The van der Waals surface area contributed by atoms with Gasteiger partial charge >= 0.3 is 0 Å². The molecule has 0 radical (unpaired) electrons. The van der Waals surface area contributed by atoms with Crippen molar-refractivity contribution < 1.29 is 9.53 Å². The average Bonchev–Trinajstić information content (AvgIpc) is 2.37. The molecule has 0 atom stereocenters. The number of hydrazine groups is 1. The molecule has 0 aliphatic heterocycles. The van der Waals surface area contributed by atoms with E-state index >= 15 is 0 Å². The first-order valence-corrected chi connectivity index (χ1v) is 5.87. The number of rotatable bonds is 6. The van der Waals surface area contributed by atoms with E-state index in [1.54, 1.807) is 24.1 Å². The molecule has 6 nitrogen and oxygen atoms in total. The van der Waals surface area contributed by atoms with Gasteiger partial charge in [-0.3, -0.25) is 4.79 Å².